The number of piperidine rings is 1. The van der Waals surface area contributed by atoms with E-state index in [-0.39, 0.29) is 17.5 Å². The Kier molecular flexibility index (Phi) is 4.99. The lowest BCUT2D eigenvalue weighted by molar-refractivity contribution is 0.0894. The van der Waals surface area contributed by atoms with E-state index in [1.807, 2.05) is 12.1 Å². The minimum absolute atomic E-state index is 0.0332. The Bertz CT molecular complexity index is 858. The number of amides is 1. The molecular formula is C21H22FN3O2. The number of nitrogens with one attached hydrogen (secondary N) is 1. The Morgan fingerprint density at radius 1 is 1.15 bits per heavy atom. The maximum absolute atomic E-state index is 13.0. The van der Waals surface area contributed by atoms with Gasteiger partial charge in [0, 0.05) is 11.3 Å². The third-order valence-electron chi connectivity index (χ3n) is 5.43. The number of halogens is 1. The van der Waals surface area contributed by atoms with Crippen LogP contribution in [-0.4, -0.2) is 41.2 Å². The van der Waals surface area contributed by atoms with Crippen molar-refractivity contribution >= 4 is 11.7 Å². The lowest BCUT2D eigenvalue weighted by atomic mass is 9.91. The maximum Gasteiger partial charge on any atom is 0.253 e. The molecular weight excluding hydrogens is 345 g/mol. The highest BCUT2D eigenvalue weighted by Crippen LogP contribution is 2.23. The van der Waals surface area contributed by atoms with Crippen LogP contribution >= 0.6 is 0 Å². The van der Waals surface area contributed by atoms with Gasteiger partial charge in [-0.2, -0.15) is 0 Å². The second-order valence-electron chi connectivity index (χ2n) is 7.33. The fourth-order valence-electron chi connectivity index (χ4n) is 3.84. The largest absolute Gasteiger partial charge is 0.346 e. The van der Waals surface area contributed by atoms with Gasteiger partial charge in [-0.25, -0.2) is 4.39 Å². The second-order valence-corrected chi connectivity index (χ2v) is 7.33. The number of pyridine rings is 1. The van der Waals surface area contributed by atoms with E-state index in [9.17, 15) is 14.0 Å². The van der Waals surface area contributed by atoms with Crippen LogP contribution in [0.2, 0.25) is 0 Å². The molecule has 2 aromatic rings. The van der Waals surface area contributed by atoms with Gasteiger partial charge in [0.25, 0.3) is 5.91 Å². The van der Waals surface area contributed by atoms with Crippen LogP contribution in [0.4, 0.5) is 4.39 Å². The van der Waals surface area contributed by atoms with Crippen LogP contribution < -0.4 is 5.32 Å². The zero-order valence-corrected chi connectivity index (χ0v) is 15.1. The summed E-state index contributed by atoms with van der Waals surface area (Å²) in [4.78, 5) is 30.7. The number of nitrogens with zero attached hydrogens (tertiary/aromatic N) is 2. The fourth-order valence-corrected chi connectivity index (χ4v) is 3.84. The number of Topliss-reactive ketones (excluding diaryl/α,β-unsaturated/α-hetero) is 1. The number of benzene rings is 1. The molecule has 6 heteroatoms. The van der Waals surface area contributed by atoms with Gasteiger partial charge in [0.15, 0.2) is 5.78 Å². The summed E-state index contributed by atoms with van der Waals surface area (Å²) < 4.78 is 13.0. The topological polar surface area (TPSA) is 62.3 Å². The van der Waals surface area contributed by atoms with Gasteiger partial charge in [-0.1, -0.05) is 0 Å². The van der Waals surface area contributed by atoms with Crippen LogP contribution in [0, 0.1) is 11.7 Å². The Hall–Kier alpha value is -2.60. The van der Waals surface area contributed by atoms with E-state index < -0.39 is 0 Å². The zero-order valence-electron chi connectivity index (χ0n) is 15.1. The van der Waals surface area contributed by atoms with Crippen LogP contribution in [0.5, 0.6) is 0 Å². The van der Waals surface area contributed by atoms with Gasteiger partial charge in [-0.05, 0) is 74.7 Å². The summed E-state index contributed by atoms with van der Waals surface area (Å²) in [5, 5.41) is 2.80. The number of hydrogen-bond acceptors (Lipinski definition) is 4. The molecule has 0 atom stereocenters. The van der Waals surface area contributed by atoms with E-state index in [4.69, 9.17) is 0 Å². The molecule has 0 saturated carbocycles. The molecule has 1 saturated heterocycles. The van der Waals surface area contributed by atoms with Crippen molar-refractivity contribution < 1.29 is 14.0 Å². The smallest absolute Gasteiger partial charge is 0.253 e. The summed E-state index contributed by atoms with van der Waals surface area (Å²) in [6.45, 7) is 2.65. The summed E-state index contributed by atoms with van der Waals surface area (Å²) in [6, 6.07) is 9.57. The van der Waals surface area contributed by atoms with Crippen LogP contribution in [0.3, 0.4) is 0 Å². The summed E-state index contributed by atoms with van der Waals surface area (Å²) >= 11 is 0. The highest BCUT2D eigenvalue weighted by atomic mass is 19.1. The first-order chi connectivity index (χ1) is 13.1. The van der Waals surface area contributed by atoms with Crippen molar-refractivity contribution in [1.29, 1.82) is 0 Å². The molecule has 0 radical (unpaired) electrons. The Labute approximate surface area is 157 Å². The van der Waals surface area contributed by atoms with Crippen LogP contribution in [0.25, 0.3) is 0 Å². The van der Waals surface area contributed by atoms with E-state index in [2.05, 4.69) is 15.2 Å². The Morgan fingerprint density at radius 2 is 1.89 bits per heavy atom. The molecule has 1 fully saturated rings. The lowest BCUT2D eigenvalue weighted by Crippen LogP contribution is -2.37. The van der Waals surface area contributed by atoms with E-state index >= 15 is 0 Å². The van der Waals surface area contributed by atoms with E-state index in [1.165, 1.54) is 12.1 Å². The normalized spacial score (nSPS) is 17.6. The fraction of sp³-hybridized carbons (Fsp3) is 0.381. The number of aromatic nitrogens is 1. The minimum atomic E-state index is -0.326. The lowest BCUT2D eigenvalue weighted by Gasteiger charge is -2.31. The van der Waals surface area contributed by atoms with Crippen molar-refractivity contribution in [3.05, 3.63) is 64.7 Å². The standard InChI is InChI=1S/C21H22FN3O2/c22-16-3-1-15(2-4-16)20(26)13-25-9-7-14(8-10-25)11-17-5-6-18-19(24-17)12-23-21(18)27/h1-6,14H,7-13H2,(H,23,27). The van der Waals surface area contributed by atoms with Gasteiger partial charge < -0.3 is 5.32 Å². The Balaban J connectivity index is 1.28. The van der Waals surface area contributed by atoms with Crippen molar-refractivity contribution in [3.63, 3.8) is 0 Å². The number of fused-ring (bicyclic) bond motifs is 1. The first-order valence-corrected chi connectivity index (χ1v) is 9.36. The number of ketones is 1. The Morgan fingerprint density at radius 3 is 2.63 bits per heavy atom. The third kappa shape index (κ3) is 4.06. The van der Waals surface area contributed by atoms with Gasteiger partial charge in [-0.15, -0.1) is 0 Å². The molecule has 1 aromatic carbocycles. The molecule has 0 bridgehead atoms. The second kappa shape index (κ2) is 7.56. The zero-order chi connectivity index (χ0) is 18.8. The van der Waals surface area contributed by atoms with Gasteiger partial charge in [0.1, 0.15) is 5.82 Å². The molecule has 1 amide bonds. The third-order valence-corrected chi connectivity index (χ3v) is 5.43. The van der Waals surface area contributed by atoms with Crippen LogP contribution in [0.1, 0.15) is 44.9 Å². The predicted molar refractivity (Wildman–Crippen MR) is 99.0 cm³/mol. The van der Waals surface area contributed by atoms with E-state index in [0.29, 0.717) is 30.1 Å². The van der Waals surface area contributed by atoms with Crippen LogP contribution in [-0.2, 0) is 13.0 Å². The number of carbonyl (C=O) groups is 2. The van der Waals surface area contributed by atoms with Gasteiger partial charge in [0.05, 0.1) is 24.3 Å². The molecule has 2 aliphatic heterocycles. The van der Waals surface area contributed by atoms with Crippen LogP contribution in [0.15, 0.2) is 36.4 Å². The molecule has 2 aliphatic rings. The molecule has 140 valence electrons. The first kappa shape index (κ1) is 17.8. The van der Waals surface area contributed by atoms with Crippen molar-refractivity contribution in [2.75, 3.05) is 19.6 Å². The predicted octanol–water partition coefficient (Wildman–Crippen LogP) is 2.60. The highest BCUT2D eigenvalue weighted by molar-refractivity contribution is 5.98. The van der Waals surface area contributed by atoms with Crippen molar-refractivity contribution in [2.24, 2.45) is 5.92 Å². The SMILES string of the molecule is O=C(CN1CCC(Cc2ccc3c(n2)CNC3=O)CC1)c1ccc(F)cc1. The average molecular weight is 367 g/mol. The van der Waals surface area contributed by atoms with E-state index in [0.717, 1.165) is 43.7 Å². The summed E-state index contributed by atoms with van der Waals surface area (Å²) in [5.74, 6) is 0.208. The molecule has 1 aromatic heterocycles. The molecule has 5 nitrogen and oxygen atoms in total. The van der Waals surface area contributed by atoms with Gasteiger partial charge in [0.2, 0.25) is 0 Å². The number of rotatable bonds is 5. The first-order valence-electron chi connectivity index (χ1n) is 9.36. The highest BCUT2D eigenvalue weighted by Gasteiger charge is 2.24. The number of carbonyl (C=O) groups excluding carboxylic acids is 2. The quantitative estimate of drug-likeness (QED) is 0.825. The van der Waals surface area contributed by atoms with Crippen molar-refractivity contribution in [1.82, 2.24) is 15.2 Å². The minimum Gasteiger partial charge on any atom is -0.346 e. The number of likely N-dealkylation sites (tertiary alicyclic amines) is 1. The molecule has 1 N–H and O–H groups in total. The molecule has 0 spiro atoms. The maximum atomic E-state index is 13.0. The average Bonchev–Trinajstić information content (AvgIpc) is 3.04. The number of hydrogen-bond donors (Lipinski definition) is 1. The summed E-state index contributed by atoms with van der Waals surface area (Å²) in [7, 11) is 0. The summed E-state index contributed by atoms with van der Waals surface area (Å²) in [5.41, 5.74) is 3.13. The van der Waals surface area contributed by atoms with Gasteiger partial charge >= 0.3 is 0 Å². The molecule has 4 rings (SSSR count). The molecule has 0 unspecified atom stereocenters. The van der Waals surface area contributed by atoms with Gasteiger partial charge in [-0.3, -0.25) is 19.5 Å². The molecule has 3 heterocycles. The van der Waals surface area contributed by atoms with E-state index in [1.54, 1.807) is 12.1 Å². The molecule has 27 heavy (non-hydrogen) atoms. The molecule has 0 aliphatic carbocycles. The van der Waals surface area contributed by atoms with Crippen molar-refractivity contribution in [2.45, 2.75) is 25.8 Å². The summed E-state index contributed by atoms with van der Waals surface area (Å²) in [6.07, 6.45) is 2.94. The monoisotopic (exact) mass is 367 g/mol. The van der Waals surface area contributed by atoms with Crippen molar-refractivity contribution in [3.8, 4) is 0 Å².